The molecule has 6 rings (SSSR count). The van der Waals surface area contributed by atoms with Crippen molar-refractivity contribution in [2.75, 3.05) is 64.9 Å². The van der Waals surface area contributed by atoms with Crippen LogP contribution in [0.1, 0.15) is 141 Å². The SMILES string of the molecule is BrCc1ccc(Br)cc1.C.CC(C)(C)OC(=O)N(CCCF)Cc1ccc(B(O)O)cc1.CC(C)(C)OC(=O)N(CCCF)Cc1ccc(Br)cc1.CC(C)(C)OC(=O)NCc1ccc(Br)cc1.FCCCBr.FCCCNCl.FCCCNCl.NCc1ccc(Br)cc1.O=Cc1ccc(Br)cc1.[H-].[Na+]. The number of alkyl carbamates (subject to hydrolysis) is 1. The molecule has 0 aliphatic carbocycles. The number of ether oxygens (including phenoxy) is 3. The van der Waals surface area contributed by atoms with E-state index in [-0.39, 0.29) is 77.9 Å². The average molecular weight is 1970 g/mol. The van der Waals surface area contributed by atoms with Crippen LogP contribution in [0.5, 0.6) is 0 Å². The maximum absolute atomic E-state index is 12.4. The van der Waals surface area contributed by atoms with Crippen LogP contribution >= 0.6 is 135 Å². The number of aldehydes is 1. The summed E-state index contributed by atoms with van der Waals surface area (Å²) in [5.74, 6) is 0. The minimum atomic E-state index is -1.53. The zero-order chi connectivity index (χ0) is 78.0. The Labute approximate surface area is 708 Å². The molecule has 7 N–H and O–H groups in total. The van der Waals surface area contributed by atoms with Gasteiger partial charge in [-0.15, -0.1) is 0 Å². The molecule has 582 valence electrons. The Morgan fingerprint density at radius 2 is 0.808 bits per heavy atom. The van der Waals surface area contributed by atoms with Gasteiger partial charge >= 0.3 is 55.0 Å². The molecule has 0 aliphatic rings. The summed E-state index contributed by atoms with van der Waals surface area (Å²) in [7, 11) is -1.53. The molecule has 3 amide bonds. The quantitative estimate of drug-likeness (QED) is 0.00637. The van der Waals surface area contributed by atoms with E-state index in [4.69, 9.17) is 53.5 Å². The minimum absolute atomic E-state index is 0. The number of carbonyl (C=O) groups excluding carboxylic acids is 4. The number of hydrogen-bond donors (Lipinski definition) is 6. The first kappa shape index (κ1) is 110. The van der Waals surface area contributed by atoms with E-state index in [2.05, 4.69) is 139 Å². The Bertz CT molecular complexity index is 3010. The van der Waals surface area contributed by atoms with Crippen molar-refractivity contribution in [2.24, 2.45) is 5.73 Å². The normalized spacial score (nSPS) is 10.1. The standard InChI is InChI=1S/C15H23BFNO4.C15H21BrFNO2.C12H16BrNO2.C7H6Br2.C7H8BrN.C7H5BrO.C3H6BrF.2C3H7ClFN.CH4.Na.H/c1-15(2,3)22-14(19)18(10-4-9-17)11-12-5-7-13(8-6-12)16(20)21;1-15(2,3)20-14(19)18(10-4-9-17)11-12-5-7-13(16)8-6-12;1-12(2,3)16-11(15)14-8-9-4-6-10(13)7-5-9;8-5-6-1-3-7(9)4-2-6;2*8-7-3-1-6(5-9)2-4-7;4-2-1-3-5;2*4-6-3-1-2-5;;;/h5-8,20-21H,4,9-11H2,1-3H3;5-8H,4,9-11H2,1-3H3;4-7H,8H2,1-3H3,(H,14,15);1-4H,5H2;1-4H,5,9H2;1-5H;1-3H2;2*6H,1-3H2;1H4;;/q;;;;;;;;;;+1;-1. The van der Waals surface area contributed by atoms with Gasteiger partial charge in [-0.1, -0.05) is 204 Å². The topological polar surface area (TPSA) is 205 Å². The van der Waals surface area contributed by atoms with Crippen molar-refractivity contribution >= 4 is 172 Å². The van der Waals surface area contributed by atoms with E-state index in [1.165, 1.54) is 20.9 Å². The zero-order valence-electron chi connectivity index (χ0n) is 61.2. The van der Waals surface area contributed by atoms with Gasteiger partial charge in [0, 0.05) is 90.9 Å². The predicted octanol–water partition coefficient (Wildman–Crippen LogP) is 18.7. The van der Waals surface area contributed by atoms with E-state index in [0.29, 0.717) is 76.0 Å². The smallest absolute Gasteiger partial charge is 1.00 e. The van der Waals surface area contributed by atoms with Crippen LogP contribution in [-0.2, 0) is 45.7 Å². The van der Waals surface area contributed by atoms with Crippen LogP contribution in [0.2, 0.25) is 0 Å². The predicted molar refractivity (Wildman–Crippen MR) is 442 cm³/mol. The summed E-state index contributed by atoms with van der Waals surface area (Å²) < 4.78 is 78.9. The van der Waals surface area contributed by atoms with E-state index >= 15 is 0 Å². The molecule has 0 bridgehead atoms. The summed E-state index contributed by atoms with van der Waals surface area (Å²) in [5, 5.41) is 22.5. The number of alkyl halides is 7. The number of hydrogen-bond acceptors (Lipinski definition) is 12. The largest absolute Gasteiger partial charge is 1.00 e. The number of amides is 3. The number of benzene rings is 6. The third kappa shape index (κ3) is 67.4. The molecule has 6 aromatic rings. The van der Waals surface area contributed by atoms with Crippen molar-refractivity contribution in [1.29, 1.82) is 0 Å². The third-order valence-corrected chi connectivity index (χ3v) is 15.6. The van der Waals surface area contributed by atoms with Gasteiger partial charge in [0.2, 0.25) is 0 Å². The fraction of sp³-hybridized carbons (Fsp3) is 0.452. The van der Waals surface area contributed by atoms with Gasteiger partial charge in [-0.3, -0.25) is 26.7 Å². The van der Waals surface area contributed by atoms with E-state index in [1.807, 2.05) is 139 Å². The van der Waals surface area contributed by atoms with E-state index < -0.39 is 55.6 Å². The molecule has 104 heavy (non-hydrogen) atoms. The van der Waals surface area contributed by atoms with Crippen molar-refractivity contribution in [3.63, 3.8) is 0 Å². The molecule has 0 radical (unpaired) electrons. The van der Waals surface area contributed by atoms with Crippen molar-refractivity contribution in [2.45, 2.75) is 150 Å². The van der Waals surface area contributed by atoms with Crippen LogP contribution in [0.3, 0.4) is 0 Å². The monoisotopic (exact) mass is 1960 g/mol. The molecule has 0 fully saturated rings. The average Bonchev–Trinajstić information content (AvgIpc) is 0.874. The van der Waals surface area contributed by atoms with Crippen LogP contribution in [-0.4, -0.2) is 133 Å². The first-order chi connectivity index (χ1) is 48.1. The van der Waals surface area contributed by atoms with Gasteiger partial charge in [-0.25, -0.2) is 24.1 Å². The Hall–Kier alpha value is -2.75. The molecule has 0 saturated carbocycles. The van der Waals surface area contributed by atoms with Gasteiger partial charge in [0.15, 0.2) is 0 Å². The molecule has 0 unspecified atom stereocenters. The number of nitrogens with two attached hydrogens (primary N) is 1. The summed E-state index contributed by atoms with van der Waals surface area (Å²) in [6.07, 6.45) is 1.73. The fourth-order valence-corrected chi connectivity index (χ4v) is 8.77. The molecule has 31 heteroatoms. The number of halogens is 14. The Balaban J connectivity index is -0.000000273. The van der Waals surface area contributed by atoms with Gasteiger partial charge in [0.05, 0.1) is 33.4 Å². The van der Waals surface area contributed by atoms with E-state index in [9.17, 15) is 41.1 Å². The summed E-state index contributed by atoms with van der Waals surface area (Å²) >= 11 is 33.0. The van der Waals surface area contributed by atoms with Crippen LogP contribution in [0.25, 0.3) is 0 Å². The van der Waals surface area contributed by atoms with Gasteiger partial charge in [-0.2, -0.15) is 0 Å². The van der Waals surface area contributed by atoms with Crippen molar-refractivity contribution in [3.05, 3.63) is 201 Å². The molecule has 0 spiro atoms. The Morgan fingerprint density at radius 3 is 1.07 bits per heavy atom. The van der Waals surface area contributed by atoms with Gasteiger partial charge in [0.1, 0.15) is 23.1 Å². The summed E-state index contributed by atoms with van der Waals surface area (Å²) in [6.45, 7) is 18.1. The molecule has 0 saturated heterocycles. The Kier molecular flexibility index (Phi) is 72.1. The van der Waals surface area contributed by atoms with Gasteiger partial charge in [0.25, 0.3) is 0 Å². The second-order valence-corrected chi connectivity index (χ2v) is 30.4. The Morgan fingerprint density at radius 1 is 0.500 bits per heavy atom. The number of nitrogens with zero attached hydrogens (tertiary/aromatic N) is 2. The van der Waals surface area contributed by atoms with Crippen LogP contribution < -0.4 is 55.7 Å². The van der Waals surface area contributed by atoms with Crippen LogP contribution in [0, 0.1) is 0 Å². The summed E-state index contributed by atoms with van der Waals surface area (Å²) in [4.78, 5) is 53.3. The molecule has 0 aromatic heterocycles. The maximum Gasteiger partial charge on any atom is 1.00 e. The molecule has 0 atom stereocenters. The number of nitrogens with one attached hydrogen (secondary N) is 3. The zero-order valence-corrected chi connectivity index (χ0v) is 74.8. The van der Waals surface area contributed by atoms with Crippen molar-refractivity contribution < 1.29 is 96.4 Å². The van der Waals surface area contributed by atoms with Gasteiger partial charge < -0.3 is 46.5 Å². The minimum Gasteiger partial charge on any atom is -1.00 e. The van der Waals surface area contributed by atoms with Crippen molar-refractivity contribution in [1.82, 2.24) is 24.8 Å². The number of carbonyl (C=O) groups is 4. The maximum atomic E-state index is 12.4. The fourth-order valence-electron chi connectivity index (χ4n) is 6.59. The molecule has 0 heterocycles. The molecular formula is C73H104BBr7Cl2F5N6NaO9. The third-order valence-electron chi connectivity index (χ3n) is 11.4. The van der Waals surface area contributed by atoms with E-state index in [1.54, 1.807) is 57.2 Å². The summed E-state index contributed by atoms with van der Waals surface area (Å²) in [6, 6.07) is 45.4. The van der Waals surface area contributed by atoms with Crippen LogP contribution in [0.15, 0.2) is 168 Å². The van der Waals surface area contributed by atoms with Crippen molar-refractivity contribution in [3.8, 4) is 0 Å². The molecule has 15 nitrogen and oxygen atoms in total. The van der Waals surface area contributed by atoms with Crippen LogP contribution in [0.4, 0.5) is 36.3 Å². The first-order valence-electron chi connectivity index (χ1n) is 32.0. The molecule has 6 aromatic carbocycles. The van der Waals surface area contributed by atoms with Gasteiger partial charge in [-0.05, 0) is 212 Å². The second kappa shape index (κ2) is 68.3. The number of rotatable bonds is 24. The molecule has 0 aliphatic heterocycles. The summed E-state index contributed by atoms with van der Waals surface area (Å²) in [5.41, 5.74) is 10.1. The second-order valence-electron chi connectivity index (χ2n) is 24.0. The van der Waals surface area contributed by atoms with E-state index in [0.717, 1.165) is 56.0 Å². The first-order valence-corrected chi connectivity index (χ1v) is 39.0. The molecular weight excluding hydrogens is 1860 g/mol.